The van der Waals surface area contributed by atoms with Gasteiger partial charge in [-0.25, -0.2) is 4.79 Å². The lowest BCUT2D eigenvalue weighted by molar-refractivity contribution is 0.0365. The molecule has 4 rings (SSSR count). The zero-order valence-corrected chi connectivity index (χ0v) is 20.5. The van der Waals surface area contributed by atoms with Gasteiger partial charge in [-0.2, -0.15) is 0 Å². The lowest BCUT2D eigenvalue weighted by Gasteiger charge is -2.28. The van der Waals surface area contributed by atoms with Crippen molar-refractivity contribution in [3.05, 3.63) is 74.5 Å². The molecule has 2 heterocycles. The average Bonchev–Trinajstić information content (AvgIpc) is 2.81. The van der Waals surface area contributed by atoms with Gasteiger partial charge in [-0.1, -0.05) is 17.7 Å². The Labute approximate surface area is 204 Å². The van der Waals surface area contributed by atoms with E-state index >= 15 is 0 Å². The van der Waals surface area contributed by atoms with Gasteiger partial charge in [0.15, 0.2) is 0 Å². The van der Waals surface area contributed by atoms with Crippen molar-refractivity contribution in [2.24, 2.45) is 0 Å². The zero-order chi connectivity index (χ0) is 24.1. The van der Waals surface area contributed by atoms with E-state index in [0.717, 1.165) is 61.3 Å². The molecule has 1 fully saturated rings. The lowest BCUT2D eigenvalue weighted by Crippen LogP contribution is -2.40. The van der Waals surface area contributed by atoms with Crippen LogP contribution in [0, 0.1) is 13.8 Å². The summed E-state index contributed by atoms with van der Waals surface area (Å²) < 4.78 is 5.42. The first kappa shape index (κ1) is 24.3. The quantitative estimate of drug-likeness (QED) is 0.517. The Kier molecular flexibility index (Phi) is 7.88. The van der Waals surface area contributed by atoms with Crippen LogP contribution in [0.5, 0.6) is 0 Å². The molecule has 7 nitrogen and oxygen atoms in total. The van der Waals surface area contributed by atoms with Crippen LogP contribution in [-0.4, -0.2) is 60.2 Å². The summed E-state index contributed by atoms with van der Waals surface area (Å²) in [7, 11) is 0. The summed E-state index contributed by atoms with van der Waals surface area (Å²) in [6, 6.07) is 12.7. The highest BCUT2D eigenvalue weighted by Crippen LogP contribution is 2.20. The number of hydrogen-bond donors (Lipinski definition) is 2. The Morgan fingerprint density at radius 2 is 1.88 bits per heavy atom. The smallest absolute Gasteiger partial charge is 0.322 e. The predicted molar refractivity (Wildman–Crippen MR) is 137 cm³/mol. The Balaban J connectivity index is 1.53. The van der Waals surface area contributed by atoms with Crippen molar-refractivity contribution in [1.29, 1.82) is 0 Å². The number of aromatic nitrogens is 1. The van der Waals surface area contributed by atoms with Crippen LogP contribution in [-0.2, 0) is 11.3 Å². The Hall–Kier alpha value is -2.87. The highest BCUT2D eigenvalue weighted by molar-refractivity contribution is 6.30. The molecule has 8 heteroatoms. The molecule has 2 amide bonds. The Morgan fingerprint density at radius 3 is 2.62 bits per heavy atom. The van der Waals surface area contributed by atoms with E-state index in [4.69, 9.17) is 16.3 Å². The largest absolute Gasteiger partial charge is 0.379 e. The molecule has 2 aromatic carbocycles. The van der Waals surface area contributed by atoms with Crippen LogP contribution in [0.4, 0.5) is 10.5 Å². The second-order valence-corrected chi connectivity index (χ2v) is 9.27. The second kappa shape index (κ2) is 11.0. The first-order valence-corrected chi connectivity index (χ1v) is 12.0. The molecule has 0 saturated carbocycles. The number of urea groups is 1. The third-order valence-corrected chi connectivity index (χ3v) is 6.39. The van der Waals surface area contributed by atoms with Gasteiger partial charge in [0.1, 0.15) is 0 Å². The van der Waals surface area contributed by atoms with E-state index in [1.807, 2.05) is 26.0 Å². The first-order chi connectivity index (χ1) is 16.4. The van der Waals surface area contributed by atoms with E-state index in [-0.39, 0.29) is 18.1 Å². The molecule has 0 radical (unpaired) electrons. The number of ether oxygens (including phenoxy) is 1. The average molecular weight is 483 g/mol. The van der Waals surface area contributed by atoms with Gasteiger partial charge in [-0.05, 0) is 67.8 Å². The number of fused-ring (bicyclic) bond motifs is 1. The van der Waals surface area contributed by atoms with Gasteiger partial charge in [-0.15, -0.1) is 0 Å². The van der Waals surface area contributed by atoms with Crippen LogP contribution < -0.4 is 10.9 Å². The Bertz CT molecular complexity index is 1200. The molecule has 0 bridgehead atoms. The van der Waals surface area contributed by atoms with E-state index in [1.165, 1.54) is 0 Å². The number of benzene rings is 2. The van der Waals surface area contributed by atoms with Gasteiger partial charge < -0.3 is 19.9 Å². The topological polar surface area (TPSA) is 77.7 Å². The van der Waals surface area contributed by atoms with Gasteiger partial charge >= 0.3 is 6.03 Å². The molecule has 0 aliphatic carbocycles. The van der Waals surface area contributed by atoms with Gasteiger partial charge in [0.05, 0.1) is 19.8 Å². The maximum Gasteiger partial charge on any atom is 0.322 e. The molecule has 180 valence electrons. The number of nitrogens with zero attached hydrogens (tertiary/aromatic N) is 2. The molecule has 1 aromatic heterocycles. The Morgan fingerprint density at radius 1 is 1.15 bits per heavy atom. The molecule has 1 aliphatic heterocycles. The number of aromatic amines is 1. The maximum absolute atomic E-state index is 13.2. The fourth-order valence-electron chi connectivity index (χ4n) is 4.34. The van der Waals surface area contributed by atoms with Crippen molar-refractivity contribution in [3.63, 3.8) is 0 Å². The van der Waals surface area contributed by atoms with Crippen molar-refractivity contribution in [2.45, 2.75) is 26.8 Å². The number of amides is 2. The van der Waals surface area contributed by atoms with Gasteiger partial charge in [0.2, 0.25) is 0 Å². The molecule has 0 atom stereocenters. The molecule has 2 N–H and O–H groups in total. The first-order valence-electron chi connectivity index (χ1n) is 11.6. The van der Waals surface area contributed by atoms with E-state index < -0.39 is 0 Å². The number of carbonyl (C=O) groups excluding carboxylic acids is 1. The van der Waals surface area contributed by atoms with Crippen LogP contribution in [0.1, 0.15) is 23.1 Å². The normalized spacial score (nSPS) is 14.3. The number of anilines is 1. The number of H-pyrrole nitrogens is 1. The van der Waals surface area contributed by atoms with Crippen molar-refractivity contribution < 1.29 is 9.53 Å². The number of aryl methyl sites for hydroxylation is 2. The van der Waals surface area contributed by atoms with Gasteiger partial charge in [0.25, 0.3) is 5.56 Å². The minimum atomic E-state index is -0.246. The minimum absolute atomic E-state index is 0.171. The summed E-state index contributed by atoms with van der Waals surface area (Å²) in [5, 5.41) is 4.53. The van der Waals surface area contributed by atoms with Gasteiger partial charge in [0, 0.05) is 53.4 Å². The standard InChI is InChI=1S/C26H31ClN4O3/c1-18-14-19(2)23-16-20(25(32)29-24(23)15-18)17-31(9-3-8-30-10-12-34-13-11-30)26(33)28-22-6-4-21(27)5-7-22/h4-7,14-16H,3,8-13,17H2,1-2H3,(H,28,33)(H,29,32). The molecule has 3 aromatic rings. The van der Waals surface area contributed by atoms with Gasteiger partial charge in [-0.3, -0.25) is 9.69 Å². The monoisotopic (exact) mass is 482 g/mol. The van der Waals surface area contributed by atoms with Crippen molar-refractivity contribution in [2.75, 3.05) is 44.7 Å². The van der Waals surface area contributed by atoms with Crippen molar-refractivity contribution in [3.8, 4) is 0 Å². The fraction of sp³-hybridized carbons (Fsp3) is 0.385. The molecular weight excluding hydrogens is 452 g/mol. The SMILES string of the molecule is Cc1cc(C)c2cc(CN(CCCN3CCOCC3)C(=O)Nc3ccc(Cl)cc3)c(=O)[nH]c2c1. The summed E-state index contributed by atoms with van der Waals surface area (Å²) in [5.74, 6) is 0. The van der Waals surface area contributed by atoms with Crippen LogP contribution in [0.3, 0.4) is 0 Å². The van der Waals surface area contributed by atoms with E-state index in [2.05, 4.69) is 21.3 Å². The molecule has 0 spiro atoms. The molecular formula is C26H31ClN4O3. The van der Waals surface area contributed by atoms with E-state index in [0.29, 0.717) is 22.8 Å². The van der Waals surface area contributed by atoms with E-state index in [1.54, 1.807) is 29.2 Å². The molecule has 1 saturated heterocycles. The maximum atomic E-state index is 13.2. The number of halogens is 1. The fourth-order valence-corrected chi connectivity index (χ4v) is 4.46. The van der Waals surface area contributed by atoms with Crippen molar-refractivity contribution >= 4 is 34.2 Å². The highest BCUT2D eigenvalue weighted by atomic mass is 35.5. The molecule has 34 heavy (non-hydrogen) atoms. The number of carbonyl (C=O) groups is 1. The van der Waals surface area contributed by atoms with Crippen LogP contribution in [0.25, 0.3) is 10.9 Å². The third kappa shape index (κ3) is 6.17. The summed E-state index contributed by atoms with van der Waals surface area (Å²) in [5.41, 5.74) is 4.06. The lowest BCUT2D eigenvalue weighted by atomic mass is 10.0. The zero-order valence-electron chi connectivity index (χ0n) is 19.7. The number of hydrogen-bond acceptors (Lipinski definition) is 4. The summed E-state index contributed by atoms with van der Waals surface area (Å²) >= 11 is 5.97. The second-order valence-electron chi connectivity index (χ2n) is 8.83. The highest BCUT2D eigenvalue weighted by Gasteiger charge is 2.18. The summed E-state index contributed by atoms with van der Waals surface area (Å²) in [6.45, 7) is 8.96. The predicted octanol–water partition coefficient (Wildman–Crippen LogP) is 4.55. The number of nitrogens with one attached hydrogen (secondary N) is 2. The van der Waals surface area contributed by atoms with E-state index in [9.17, 15) is 9.59 Å². The number of morpholine rings is 1. The minimum Gasteiger partial charge on any atom is -0.379 e. The van der Waals surface area contributed by atoms with Crippen LogP contribution in [0.15, 0.2) is 47.3 Å². The number of rotatable bonds is 7. The van der Waals surface area contributed by atoms with Crippen molar-refractivity contribution in [1.82, 2.24) is 14.8 Å². The summed E-state index contributed by atoms with van der Waals surface area (Å²) in [4.78, 5) is 33.1. The molecule has 1 aliphatic rings. The number of pyridine rings is 1. The molecule has 0 unspecified atom stereocenters. The summed E-state index contributed by atoms with van der Waals surface area (Å²) in [6.07, 6.45) is 0.803. The third-order valence-electron chi connectivity index (χ3n) is 6.14. The van der Waals surface area contributed by atoms with Crippen LogP contribution in [0.2, 0.25) is 5.02 Å². The van der Waals surface area contributed by atoms with Crippen LogP contribution >= 0.6 is 11.6 Å².